The number of hydrogen-bond donors (Lipinski definition) is 2. The molecule has 3 rings (SSSR count). The predicted octanol–water partition coefficient (Wildman–Crippen LogP) is 1.66. The van der Waals surface area contributed by atoms with E-state index in [9.17, 15) is 8.42 Å². The molecule has 0 aromatic heterocycles. The summed E-state index contributed by atoms with van der Waals surface area (Å²) in [5, 5.41) is 14.8. The number of aryl methyl sites for hydroxylation is 1. The second-order valence-electron chi connectivity index (χ2n) is 6.59. The van der Waals surface area contributed by atoms with Gasteiger partial charge in [-0.15, -0.1) is 0 Å². The maximum absolute atomic E-state index is 12.6. The number of aliphatic carboxylic acids is 2. The SMILES string of the molecule is Cc1cccc(CN2CCN(S(=O)(=O)c3ccccc3)CC2)c1.O=C(O)C(=O)O. The van der Waals surface area contributed by atoms with E-state index >= 15 is 0 Å². The van der Waals surface area contributed by atoms with E-state index in [-0.39, 0.29) is 0 Å². The molecule has 156 valence electrons. The Labute approximate surface area is 170 Å². The molecule has 2 aromatic carbocycles. The molecule has 0 bridgehead atoms. The zero-order chi connectivity index (χ0) is 21.4. The maximum Gasteiger partial charge on any atom is 0.414 e. The fraction of sp³-hybridized carbons (Fsp3) is 0.300. The summed E-state index contributed by atoms with van der Waals surface area (Å²) in [6, 6.07) is 17.2. The van der Waals surface area contributed by atoms with Crippen LogP contribution >= 0.6 is 0 Å². The molecule has 9 heteroatoms. The van der Waals surface area contributed by atoms with Gasteiger partial charge in [-0.25, -0.2) is 18.0 Å². The summed E-state index contributed by atoms with van der Waals surface area (Å²) in [5.41, 5.74) is 2.54. The number of piperazine rings is 1. The molecule has 0 radical (unpaired) electrons. The van der Waals surface area contributed by atoms with Crippen molar-refractivity contribution in [3.05, 3.63) is 65.7 Å². The summed E-state index contributed by atoms with van der Waals surface area (Å²) in [4.78, 5) is 20.9. The van der Waals surface area contributed by atoms with Crippen LogP contribution in [0.3, 0.4) is 0 Å². The van der Waals surface area contributed by atoms with Crippen LogP contribution in [-0.4, -0.2) is 66.0 Å². The van der Waals surface area contributed by atoms with Crippen LogP contribution in [0.5, 0.6) is 0 Å². The molecule has 2 aromatic rings. The molecule has 1 aliphatic rings. The minimum atomic E-state index is -3.36. The Balaban J connectivity index is 0.000000438. The number of sulfonamides is 1. The molecule has 1 aliphatic heterocycles. The van der Waals surface area contributed by atoms with Crippen LogP contribution in [0.1, 0.15) is 11.1 Å². The molecule has 0 aliphatic carbocycles. The van der Waals surface area contributed by atoms with E-state index in [1.165, 1.54) is 11.1 Å². The van der Waals surface area contributed by atoms with Gasteiger partial charge in [0.05, 0.1) is 4.90 Å². The largest absolute Gasteiger partial charge is 0.473 e. The minimum Gasteiger partial charge on any atom is -0.473 e. The Hall–Kier alpha value is -2.75. The number of carboxylic acid groups (broad SMARTS) is 2. The van der Waals surface area contributed by atoms with E-state index in [0.717, 1.165) is 19.6 Å². The van der Waals surface area contributed by atoms with Gasteiger partial charge in [-0.2, -0.15) is 4.31 Å². The highest BCUT2D eigenvalue weighted by Gasteiger charge is 2.28. The van der Waals surface area contributed by atoms with Crippen LogP contribution in [0.2, 0.25) is 0 Å². The monoisotopic (exact) mass is 420 g/mol. The van der Waals surface area contributed by atoms with Crippen molar-refractivity contribution in [3.8, 4) is 0 Å². The van der Waals surface area contributed by atoms with Crippen LogP contribution in [-0.2, 0) is 26.2 Å². The first-order chi connectivity index (χ1) is 13.7. The topological polar surface area (TPSA) is 115 Å². The van der Waals surface area contributed by atoms with Gasteiger partial charge in [0.15, 0.2) is 0 Å². The van der Waals surface area contributed by atoms with Crippen molar-refractivity contribution in [1.82, 2.24) is 9.21 Å². The molecule has 2 N–H and O–H groups in total. The number of carbonyl (C=O) groups is 2. The Kier molecular flexibility index (Phi) is 7.89. The van der Waals surface area contributed by atoms with E-state index < -0.39 is 22.0 Å². The third-order valence-electron chi connectivity index (χ3n) is 4.38. The average Bonchev–Trinajstić information content (AvgIpc) is 2.69. The quantitative estimate of drug-likeness (QED) is 0.723. The van der Waals surface area contributed by atoms with Gasteiger partial charge >= 0.3 is 11.9 Å². The lowest BCUT2D eigenvalue weighted by molar-refractivity contribution is -0.159. The normalized spacial score (nSPS) is 15.2. The van der Waals surface area contributed by atoms with Crippen LogP contribution in [0.25, 0.3) is 0 Å². The van der Waals surface area contributed by atoms with Gasteiger partial charge in [0.25, 0.3) is 0 Å². The molecule has 0 spiro atoms. The molecular weight excluding hydrogens is 396 g/mol. The molecular formula is C20H24N2O6S. The van der Waals surface area contributed by atoms with E-state index in [1.54, 1.807) is 28.6 Å². The van der Waals surface area contributed by atoms with Crippen LogP contribution in [0, 0.1) is 6.92 Å². The van der Waals surface area contributed by atoms with Crippen molar-refractivity contribution >= 4 is 22.0 Å². The van der Waals surface area contributed by atoms with Crippen LogP contribution in [0.4, 0.5) is 0 Å². The Morgan fingerprint density at radius 1 is 0.897 bits per heavy atom. The third kappa shape index (κ3) is 6.67. The number of rotatable bonds is 4. The molecule has 1 heterocycles. The number of hydrogen-bond acceptors (Lipinski definition) is 5. The lowest BCUT2D eigenvalue weighted by Crippen LogP contribution is -2.48. The highest BCUT2D eigenvalue weighted by molar-refractivity contribution is 7.89. The van der Waals surface area contributed by atoms with Crippen LogP contribution < -0.4 is 0 Å². The first kappa shape index (κ1) is 22.5. The molecule has 0 amide bonds. The van der Waals surface area contributed by atoms with Gasteiger partial charge in [0.2, 0.25) is 10.0 Å². The highest BCUT2D eigenvalue weighted by atomic mass is 32.2. The molecule has 1 fully saturated rings. The molecule has 0 saturated carbocycles. The van der Waals surface area contributed by atoms with E-state index in [4.69, 9.17) is 19.8 Å². The predicted molar refractivity (Wildman–Crippen MR) is 107 cm³/mol. The van der Waals surface area contributed by atoms with Gasteiger partial charge in [-0.3, -0.25) is 4.90 Å². The van der Waals surface area contributed by atoms with E-state index in [1.807, 2.05) is 6.07 Å². The van der Waals surface area contributed by atoms with Crippen molar-refractivity contribution in [1.29, 1.82) is 0 Å². The van der Waals surface area contributed by atoms with Crippen molar-refractivity contribution in [3.63, 3.8) is 0 Å². The van der Waals surface area contributed by atoms with Crippen molar-refractivity contribution in [2.45, 2.75) is 18.4 Å². The summed E-state index contributed by atoms with van der Waals surface area (Å²) in [5.74, 6) is -3.65. The second kappa shape index (κ2) is 10.1. The number of carboxylic acids is 2. The summed E-state index contributed by atoms with van der Waals surface area (Å²) in [7, 11) is -3.36. The minimum absolute atomic E-state index is 0.382. The Bertz CT molecular complexity index is 926. The van der Waals surface area contributed by atoms with Crippen molar-refractivity contribution < 1.29 is 28.2 Å². The van der Waals surface area contributed by atoms with E-state index in [2.05, 4.69) is 36.1 Å². The number of benzene rings is 2. The highest BCUT2D eigenvalue weighted by Crippen LogP contribution is 2.18. The lowest BCUT2D eigenvalue weighted by Gasteiger charge is -2.34. The zero-order valence-corrected chi connectivity index (χ0v) is 16.9. The smallest absolute Gasteiger partial charge is 0.414 e. The van der Waals surface area contributed by atoms with Gasteiger partial charge in [0, 0.05) is 32.7 Å². The lowest BCUT2D eigenvalue weighted by atomic mass is 10.1. The Morgan fingerprint density at radius 3 is 2.00 bits per heavy atom. The first-order valence-electron chi connectivity index (χ1n) is 8.99. The molecule has 0 atom stereocenters. The van der Waals surface area contributed by atoms with Gasteiger partial charge in [-0.05, 0) is 24.6 Å². The summed E-state index contributed by atoms with van der Waals surface area (Å²) < 4.78 is 26.8. The molecule has 8 nitrogen and oxygen atoms in total. The van der Waals surface area contributed by atoms with Gasteiger partial charge in [0.1, 0.15) is 0 Å². The number of nitrogens with zero attached hydrogens (tertiary/aromatic N) is 2. The van der Waals surface area contributed by atoms with Crippen LogP contribution in [0.15, 0.2) is 59.5 Å². The maximum atomic E-state index is 12.6. The fourth-order valence-corrected chi connectivity index (χ4v) is 4.38. The molecule has 0 unspecified atom stereocenters. The molecule has 29 heavy (non-hydrogen) atoms. The first-order valence-corrected chi connectivity index (χ1v) is 10.4. The summed E-state index contributed by atoms with van der Waals surface area (Å²) >= 11 is 0. The van der Waals surface area contributed by atoms with Gasteiger partial charge in [-0.1, -0.05) is 48.0 Å². The van der Waals surface area contributed by atoms with Crippen molar-refractivity contribution in [2.24, 2.45) is 0 Å². The average molecular weight is 420 g/mol. The third-order valence-corrected chi connectivity index (χ3v) is 6.30. The zero-order valence-electron chi connectivity index (χ0n) is 16.1. The molecule has 1 saturated heterocycles. The van der Waals surface area contributed by atoms with Crippen molar-refractivity contribution in [2.75, 3.05) is 26.2 Å². The Morgan fingerprint density at radius 2 is 1.48 bits per heavy atom. The van der Waals surface area contributed by atoms with Gasteiger partial charge < -0.3 is 10.2 Å². The summed E-state index contributed by atoms with van der Waals surface area (Å²) in [6.07, 6.45) is 0. The summed E-state index contributed by atoms with van der Waals surface area (Å²) in [6.45, 7) is 5.58. The van der Waals surface area contributed by atoms with E-state index in [0.29, 0.717) is 18.0 Å². The standard InChI is InChI=1S/C18H22N2O2S.C2H2O4/c1-16-6-5-7-17(14-16)15-19-10-12-20(13-11-19)23(21,22)18-8-3-2-4-9-18;3-1(4)2(5)6/h2-9,14H,10-13,15H2,1H3;(H,3,4)(H,5,6). The fourth-order valence-electron chi connectivity index (χ4n) is 2.94. The second-order valence-corrected chi connectivity index (χ2v) is 8.53.